The third-order valence-electron chi connectivity index (χ3n) is 2.85. The molecule has 0 saturated heterocycles. The molecule has 8 nitrogen and oxygen atoms in total. The van der Waals surface area contributed by atoms with Crippen LogP contribution in [0.4, 0.5) is 14.5 Å². The number of carbonyl (C=O) groups excluding carboxylic acids is 1. The number of ketones is 1. The molecule has 1 aromatic carbocycles. The summed E-state index contributed by atoms with van der Waals surface area (Å²) in [6.45, 7) is 1.50. The van der Waals surface area contributed by atoms with Gasteiger partial charge >= 0.3 is 11.8 Å². The Balaban J connectivity index is 2.55. The molecule has 0 saturated carbocycles. The number of aromatic nitrogens is 3. The first-order valence-corrected chi connectivity index (χ1v) is 8.89. The second-order valence-electron chi connectivity index (χ2n) is 4.59. The molecule has 0 aliphatic rings. The van der Waals surface area contributed by atoms with Crippen LogP contribution in [0.3, 0.4) is 0 Å². The van der Waals surface area contributed by atoms with Gasteiger partial charge in [-0.2, -0.15) is 18.7 Å². The van der Waals surface area contributed by atoms with Crippen molar-refractivity contribution in [2.24, 2.45) is 0 Å². The van der Waals surface area contributed by atoms with Gasteiger partial charge in [0, 0.05) is 4.47 Å². The molecule has 1 N–H and O–H groups in total. The van der Waals surface area contributed by atoms with Gasteiger partial charge in [0.05, 0.1) is 18.4 Å². The van der Waals surface area contributed by atoms with Crippen LogP contribution in [0.25, 0.3) is 0 Å². The van der Waals surface area contributed by atoms with Gasteiger partial charge in [0.25, 0.3) is 10.0 Å². The maximum atomic E-state index is 12.6. The molecule has 0 unspecified atom stereocenters. The smallest absolute Gasteiger partial charge is 0.355 e. The summed E-state index contributed by atoms with van der Waals surface area (Å²) >= 11 is 3.03. The third-order valence-corrected chi connectivity index (χ3v) is 4.47. The number of benzene rings is 1. The van der Waals surface area contributed by atoms with Gasteiger partial charge in [0.15, 0.2) is 0 Å². The summed E-state index contributed by atoms with van der Waals surface area (Å²) in [5.41, 5.74) is -0.559. The number of anilines is 1. The molecule has 0 amide bonds. The molecule has 25 heavy (non-hydrogen) atoms. The second kappa shape index (κ2) is 7.35. The Bertz CT molecular complexity index is 924. The first-order chi connectivity index (χ1) is 11.7. The first kappa shape index (κ1) is 19.1. The van der Waals surface area contributed by atoms with E-state index in [0.29, 0.717) is 0 Å². The molecule has 0 radical (unpaired) electrons. The highest BCUT2D eigenvalue weighted by atomic mass is 79.9. The Morgan fingerprint density at radius 1 is 1.28 bits per heavy atom. The number of hydrogen-bond donors (Lipinski definition) is 1. The molecule has 0 atom stereocenters. The SMILES string of the molecule is COc1nc(C)nc(C(=O)c2cccc(Br)c2NS(=O)(=O)C(F)F)n1. The van der Waals surface area contributed by atoms with E-state index in [1.54, 1.807) is 4.72 Å². The van der Waals surface area contributed by atoms with Gasteiger partial charge in [-0.3, -0.25) is 9.52 Å². The molecule has 134 valence electrons. The second-order valence-corrected chi connectivity index (χ2v) is 7.10. The van der Waals surface area contributed by atoms with Gasteiger partial charge in [-0.1, -0.05) is 6.07 Å². The third kappa shape index (κ3) is 4.25. The van der Waals surface area contributed by atoms with Crippen LogP contribution in [-0.4, -0.2) is 42.0 Å². The summed E-state index contributed by atoms with van der Waals surface area (Å²) in [5, 5.41) is 0. The Morgan fingerprint density at radius 3 is 2.56 bits per heavy atom. The van der Waals surface area contributed by atoms with E-state index < -0.39 is 21.6 Å². The Kier molecular flexibility index (Phi) is 5.62. The maximum Gasteiger partial charge on any atom is 0.355 e. The molecular weight excluding hydrogens is 426 g/mol. The summed E-state index contributed by atoms with van der Waals surface area (Å²) in [7, 11) is -3.68. The van der Waals surface area contributed by atoms with Gasteiger partial charge in [0.1, 0.15) is 5.82 Å². The van der Waals surface area contributed by atoms with Crippen LogP contribution >= 0.6 is 15.9 Å². The number of ether oxygens (including phenoxy) is 1. The molecule has 0 fully saturated rings. The number of methoxy groups -OCH3 is 1. The van der Waals surface area contributed by atoms with E-state index in [-0.39, 0.29) is 33.4 Å². The van der Waals surface area contributed by atoms with Crippen LogP contribution in [0.15, 0.2) is 22.7 Å². The normalized spacial score (nSPS) is 11.4. The quantitative estimate of drug-likeness (QED) is 0.690. The zero-order chi connectivity index (χ0) is 18.8. The van der Waals surface area contributed by atoms with E-state index in [2.05, 4.69) is 30.9 Å². The number of sulfonamides is 1. The van der Waals surface area contributed by atoms with Gasteiger partial charge in [0.2, 0.25) is 11.6 Å². The zero-order valence-electron chi connectivity index (χ0n) is 12.8. The molecule has 1 aromatic heterocycles. The number of aryl methyl sites for hydroxylation is 1. The predicted molar refractivity (Wildman–Crippen MR) is 87.2 cm³/mol. The molecule has 1 heterocycles. The fourth-order valence-electron chi connectivity index (χ4n) is 1.77. The number of nitrogens with zero attached hydrogens (tertiary/aromatic N) is 3. The molecule has 0 aliphatic heterocycles. The van der Waals surface area contributed by atoms with Crippen molar-refractivity contribution >= 4 is 37.4 Å². The maximum absolute atomic E-state index is 12.6. The minimum atomic E-state index is -4.98. The number of para-hydroxylation sites is 1. The number of nitrogens with one attached hydrogen (secondary N) is 1. The highest BCUT2D eigenvalue weighted by Gasteiger charge is 2.28. The number of halogens is 3. The lowest BCUT2D eigenvalue weighted by atomic mass is 10.1. The minimum absolute atomic E-state index is 0.0975. The number of carbonyl (C=O) groups is 1. The zero-order valence-corrected chi connectivity index (χ0v) is 15.2. The number of hydrogen-bond acceptors (Lipinski definition) is 7. The minimum Gasteiger partial charge on any atom is -0.467 e. The molecule has 12 heteroatoms. The Hall–Kier alpha value is -2.21. The Morgan fingerprint density at radius 2 is 1.96 bits per heavy atom. The first-order valence-electron chi connectivity index (χ1n) is 6.55. The van der Waals surface area contributed by atoms with Crippen LogP contribution in [0, 0.1) is 6.92 Å². The summed E-state index contributed by atoms with van der Waals surface area (Å²) in [4.78, 5) is 24.1. The average Bonchev–Trinajstić information content (AvgIpc) is 2.55. The summed E-state index contributed by atoms with van der Waals surface area (Å²) < 4.78 is 54.9. The molecular formula is C13H11BrF2N4O4S. The molecule has 0 aliphatic carbocycles. The van der Waals surface area contributed by atoms with Crippen molar-refractivity contribution < 1.29 is 26.7 Å². The molecule has 2 rings (SSSR count). The lowest BCUT2D eigenvalue weighted by Gasteiger charge is -2.13. The van der Waals surface area contributed by atoms with Crippen molar-refractivity contribution in [1.29, 1.82) is 0 Å². The van der Waals surface area contributed by atoms with E-state index in [9.17, 15) is 22.0 Å². The standard InChI is InChI=1S/C13H11BrF2N4O4S/c1-6-17-11(19-13(18-6)24-2)10(21)7-4-3-5-8(14)9(7)20-25(22,23)12(15)16/h3-5,12,20H,1-2H3. The van der Waals surface area contributed by atoms with Crippen molar-refractivity contribution in [3.05, 3.63) is 39.9 Å². The fourth-order valence-corrected chi connectivity index (χ4v) is 2.96. The van der Waals surface area contributed by atoms with Gasteiger partial charge < -0.3 is 4.74 Å². The average molecular weight is 437 g/mol. The lowest BCUT2D eigenvalue weighted by molar-refractivity contribution is 0.102. The molecule has 0 spiro atoms. The van der Waals surface area contributed by atoms with Crippen molar-refractivity contribution in [3.63, 3.8) is 0 Å². The monoisotopic (exact) mass is 436 g/mol. The summed E-state index contributed by atoms with van der Waals surface area (Å²) in [6.07, 6.45) is 0. The van der Waals surface area contributed by atoms with E-state index in [4.69, 9.17) is 4.74 Å². The summed E-state index contributed by atoms with van der Waals surface area (Å²) in [6, 6.07) is 3.96. The fraction of sp³-hybridized carbons (Fsp3) is 0.231. The van der Waals surface area contributed by atoms with E-state index >= 15 is 0 Å². The van der Waals surface area contributed by atoms with Crippen LogP contribution in [0.1, 0.15) is 22.0 Å². The van der Waals surface area contributed by atoms with Crippen molar-refractivity contribution in [2.75, 3.05) is 11.8 Å². The van der Waals surface area contributed by atoms with Crippen molar-refractivity contribution in [1.82, 2.24) is 15.0 Å². The number of alkyl halides is 2. The van der Waals surface area contributed by atoms with E-state index in [1.165, 1.54) is 32.2 Å². The van der Waals surface area contributed by atoms with Crippen LogP contribution < -0.4 is 9.46 Å². The number of rotatable bonds is 6. The summed E-state index contributed by atoms with van der Waals surface area (Å²) in [5.74, 6) is -4.58. The lowest BCUT2D eigenvalue weighted by Crippen LogP contribution is -2.23. The topological polar surface area (TPSA) is 111 Å². The van der Waals surface area contributed by atoms with Crippen LogP contribution in [0.2, 0.25) is 0 Å². The van der Waals surface area contributed by atoms with Crippen LogP contribution in [-0.2, 0) is 10.0 Å². The Labute approximate surface area is 149 Å². The van der Waals surface area contributed by atoms with E-state index in [0.717, 1.165) is 0 Å². The van der Waals surface area contributed by atoms with E-state index in [1.807, 2.05) is 0 Å². The van der Waals surface area contributed by atoms with Gasteiger partial charge in [-0.15, -0.1) is 0 Å². The highest BCUT2D eigenvalue weighted by Crippen LogP contribution is 2.30. The molecule has 0 bridgehead atoms. The predicted octanol–water partition coefficient (Wildman–Crippen LogP) is 2.15. The largest absolute Gasteiger partial charge is 0.467 e. The van der Waals surface area contributed by atoms with Crippen LogP contribution in [0.5, 0.6) is 6.01 Å². The molecule has 2 aromatic rings. The van der Waals surface area contributed by atoms with Gasteiger partial charge in [-0.05, 0) is 35.0 Å². The van der Waals surface area contributed by atoms with Crippen molar-refractivity contribution in [3.8, 4) is 6.01 Å². The van der Waals surface area contributed by atoms with Crippen molar-refractivity contribution in [2.45, 2.75) is 12.7 Å². The van der Waals surface area contributed by atoms with Gasteiger partial charge in [-0.25, -0.2) is 13.4 Å². The highest BCUT2D eigenvalue weighted by molar-refractivity contribution is 9.10.